The minimum atomic E-state index is -4.04. The highest BCUT2D eigenvalue weighted by molar-refractivity contribution is 7.92. The van der Waals surface area contributed by atoms with E-state index in [2.05, 4.69) is 10.5 Å². The highest BCUT2D eigenvalue weighted by Crippen LogP contribution is 2.24. The monoisotopic (exact) mass is 500 g/mol. The number of carbonyl (C=O) groups excluding carboxylic acids is 1. The lowest BCUT2D eigenvalue weighted by Gasteiger charge is -2.24. The summed E-state index contributed by atoms with van der Waals surface area (Å²) in [5.74, 6) is -0.711. The molecule has 0 fully saturated rings. The smallest absolute Gasteiger partial charge is 0.270 e. The van der Waals surface area contributed by atoms with Gasteiger partial charge in [0.05, 0.1) is 21.7 Å². The van der Waals surface area contributed by atoms with Crippen molar-refractivity contribution in [2.75, 3.05) is 10.8 Å². The fourth-order valence-corrected chi connectivity index (χ4v) is 4.62. The summed E-state index contributed by atoms with van der Waals surface area (Å²) in [7, 11) is -4.04. The number of hydrazone groups is 1. The van der Waals surface area contributed by atoms with Gasteiger partial charge in [0.15, 0.2) is 0 Å². The predicted molar refractivity (Wildman–Crippen MR) is 131 cm³/mol. The van der Waals surface area contributed by atoms with Crippen molar-refractivity contribution < 1.29 is 18.1 Å². The van der Waals surface area contributed by atoms with Gasteiger partial charge >= 0.3 is 0 Å². The minimum absolute atomic E-state index is 0.0363. The number of non-ortho nitro benzene ring substituents is 1. The van der Waals surface area contributed by atoms with Gasteiger partial charge in [-0.1, -0.05) is 48.9 Å². The lowest BCUT2D eigenvalue weighted by atomic mass is 10.1. The molecule has 3 aromatic carbocycles. The van der Waals surface area contributed by atoms with Crippen LogP contribution < -0.4 is 9.73 Å². The van der Waals surface area contributed by atoms with Crippen LogP contribution in [-0.2, 0) is 21.2 Å². The number of rotatable bonds is 9. The number of amides is 1. The van der Waals surface area contributed by atoms with Gasteiger partial charge in [-0.3, -0.25) is 19.2 Å². The molecule has 34 heavy (non-hydrogen) atoms. The van der Waals surface area contributed by atoms with E-state index < -0.39 is 27.4 Å². The first-order valence-corrected chi connectivity index (χ1v) is 12.0. The molecule has 0 bridgehead atoms. The number of sulfonamides is 1. The Morgan fingerprint density at radius 1 is 1.12 bits per heavy atom. The Kier molecular flexibility index (Phi) is 7.98. The molecular formula is C23H21ClN4O5S. The molecule has 0 aliphatic carbocycles. The van der Waals surface area contributed by atoms with Crippen molar-refractivity contribution in [3.05, 3.63) is 99.1 Å². The zero-order valence-corrected chi connectivity index (χ0v) is 19.7. The van der Waals surface area contributed by atoms with Gasteiger partial charge in [0.25, 0.3) is 21.6 Å². The molecule has 0 saturated heterocycles. The van der Waals surface area contributed by atoms with Gasteiger partial charge in [-0.05, 0) is 42.3 Å². The number of hydrogen-bond acceptors (Lipinski definition) is 6. The van der Waals surface area contributed by atoms with Crippen LogP contribution in [0.3, 0.4) is 0 Å². The van der Waals surface area contributed by atoms with Gasteiger partial charge in [0.1, 0.15) is 6.54 Å². The van der Waals surface area contributed by atoms with Crippen molar-refractivity contribution in [2.24, 2.45) is 5.10 Å². The molecule has 9 nitrogen and oxygen atoms in total. The maximum Gasteiger partial charge on any atom is 0.270 e. The molecule has 0 aliphatic rings. The third kappa shape index (κ3) is 5.97. The van der Waals surface area contributed by atoms with E-state index in [0.29, 0.717) is 5.69 Å². The number of anilines is 1. The van der Waals surface area contributed by atoms with Crippen LogP contribution in [0.4, 0.5) is 11.4 Å². The summed E-state index contributed by atoms with van der Waals surface area (Å²) in [5.41, 5.74) is 3.62. The Morgan fingerprint density at radius 2 is 1.79 bits per heavy atom. The highest BCUT2D eigenvalue weighted by atomic mass is 35.5. The van der Waals surface area contributed by atoms with Crippen LogP contribution in [0.1, 0.15) is 18.1 Å². The summed E-state index contributed by atoms with van der Waals surface area (Å²) in [6, 6.07) is 18.4. The molecule has 0 unspecified atom stereocenters. The average Bonchev–Trinajstić information content (AvgIpc) is 2.84. The second-order valence-corrected chi connectivity index (χ2v) is 9.37. The van der Waals surface area contributed by atoms with E-state index in [1.165, 1.54) is 30.3 Å². The largest absolute Gasteiger partial charge is 0.271 e. The van der Waals surface area contributed by atoms with Crippen LogP contribution in [0.15, 0.2) is 82.8 Å². The van der Waals surface area contributed by atoms with E-state index in [-0.39, 0.29) is 21.2 Å². The lowest BCUT2D eigenvalue weighted by molar-refractivity contribution is -0.384. The number of nitro benzene ring substituents is 1. The number of aryl methyl sites for hydroxylation is 1. The van der Waals surface area contributed by atoms with Crippen LogP contribution in [0.5, 0.6) is 0 Å². The normalized spacial score (nSPS) is 11.4. The molecule has 0 atom stereocenters. The summed E-state index contributed by atoms with van der Waals surface area (Å²) in [5, 5.41) is 14.9. The molecule has 1 amide bonds. The van der Waals surface area contributed by atoms with Gasteiger partial charge in [-0.2, -0.15) is 5.10 Å². The maximum absolute atomic E-state index is 13.3. The first kappa shape index (κ1) is 24.9. The van der Waals surface area contributed by atoms with E-state index >= 15 is 0 Å². The van der Waals surface area contributed by atoms with E-state index in [9.17, 15) is 23.3 Å². The van der Waals surface area contributed by atoms with Gasteiger partial charge in [-0.25, -0.2) is 13.8 Å². The zero-order valence-electron chi connectivity index (χ0n) is 18.1. The Balaban J connectivity index is 1.83. The average molecular weight is 501 g/mol. The van der Waals surface area contributed by atoms with Crippen molar-refractivity contribution in [3.8, 4) is 0 Å². The summed E-state index contributed by atoms with van der Waals surface area (Å²) in [4.78, 5) is 23.0. The molecule has 0 radical (unpaired) electrons. The van der Waals surface area contributed by atoms with Gasteiger partial charge < -0.3 is 0 Å². The molecular weight excluding hydrogens is 480 g/mol. The van der Waals surface area contributed by atoms with Crippen LogP contribution in [0, 0.1) is 10.1 Å². The number of carbonyl (C=O) groups is 1. The Morgan fingerprint density at radius 3 is 2.41 bits per heavy atom. The van der Waals surface area contributed by atoms with Gasteiger partial charge in [-0.15, -0.1) is 0 Å². The Hall–Kier alpha value is -3.76. The SMILES string of the molecule is CCc1ccc(N(CC(=O)N/N=C\c2cc([N+](=O)[O-])ccc2Cl)S(=O)(=O)c2ccccc2)cc1. The highest BCUT2D eigenvalue weighted by Gasteiger charge is 2.27. The zero-order chi connectivity index (χ0) is 24.7. The number of halogens is 1. The van der Waals surface area contributed by atoms with Crippen LogP contribution in [0.25, 0.3) is 0 Å². The first-order chi connectivity index (χ1) is 16.2. The van der Waals surface area contributed by atoms with Gasteiger partial charge in [0, 0.05) is 22.7 Å². The first-order valence-electron chi connectivity index (χ1n) is 10.1. The van der Waals surface area contributed by atoms with Crippen LogP contribution >= 0.6 is 11.6 Å². The number of hydrogen-bond donors (Lipinski definition) is 1. The predicted octanol–water partition coefficient (Wildman–Crippen LogP) is 4.16. The molecule has 3 aromatic rings. The topological polar surface area (TPSA) is 122 Å². The van der Waals surface area contributed by atoms with Crippen molar-refractivity contribution >= 4 is 45.1 Å². The molecule has 3 rings (SSSR count). The van der Waals surface area contributed by atoms with E-state index in [4.69, 9.17) is 11.6 Å². The summed E-state index contributed by atoms with van der Waals surface area (Å²) in [6.07, 6.45) is 1.93. The van der Waals surface area contributed by atoms with E-state index in [1.54, 1.807) is 42.5 Å². The summed E-state index contributed by atoms with van der Waals surface area (Å²) in [6.45, 7) is 1.44. The maximum atomic E-state index is 13.3. The van der Waals surface area contributed by atoms with Crippen LogP contribution in [0.2, 0.25) is 5.02 Å². The van der Waals surface area contributed by atoms with E-state index in [0.717, 1.165) is 22.5 Å². The third-order valence-electron chi connectivity index (χ3n) is 4.83. The number of nitrogens with one attached hydrogen (secondary N) is 1. The molecule has 1 N–H and O–H groups in total. The number of benzene rings is 3. The van der Waals surface area contributed by atoms with Crippen molar-refractivity contribution in [3.63, 3.8) is 0 Å². The molecule has 176 valence electrons. The minimum Gasteiger partial charge on any atom is -0.271 e. The standard InChI is InChI=1S/C23H21ClN4O5S/c1-2-17-8-10-19(11-9-17)27(34(32,33)21-6-4-3-5-7-21)16-23(29)26-25-15-18-14-20(28(30)31)12-13-22(18)24/h3-15H,2,16H2,1H3,(H,26,29)/b25-15-. The lowest BCUT2D eigenvalue weighted by Crippen LogP contribution is -2.39. The third-order valence-corrected chi connectivity index (χ3v) is 6.97. The Bertz CT molecular complexity index is 1310. The van der Waals surface area contributed by atoms with Crippen molar-refractivity contribution in [2.45, 2.75) is 18.2 Å². The van der Waals surface area contributed by atoms with E-state index in [1.807, 2.05) is 6.92 Å². The van der Waals surface area contributed by atoms with Gasteiger partial charge in [0.2, 0.25) is 0 Å². The van der Waals surface area contributed by atoms with Crippen LogP contribution in [-0.4, -0.2) is 32.0 Å². The second-order valence-electron chi connectivity index (χ2n) is 7.10. The number of nitro groups is 1. The Labute approximate surface area is 201 Å². The fourth-order valence-electron chi connectivity index (χ4n) is 3.02. The molecule has 0 saturated carbocycles. The van der Waals surface area contributed by atoms with Crippen molar-refractivity contribution in [1.29, 1.82) is 0 Å². The summed E-state index contributed by atoms with van der Waals surface area (Å²) >= 11 is 6.02. The molecule has 0 heterocycles. The van der Waals surface area contributed by atoms with Crippen molar-refractivity contribution in [1.82, 2.24) is 5.43 Å². The second kappa shape index (κ2) is 10.9. The molecule has 0 aromatic heterocycles. The summed E-state index contributed by atoms with van der Waals surface area (Å²) < 4.78 is 27.6. The quantitative estimate of drug-likeness (QED) is 0.268. The molecule has 11 heteroatoms. The number of nitrogens with zero attached hydrogens (tertiary/aromatic N) is 3. The molecule has 0 spiro atoms. The molecule has 0 aliphatic heterocycles. The fraction of sp³-hybridized carbons (Fsp3) is 0.130.